The molecule has 74 valence electrons. The van der Waals surface area contributed by atoms with Crippen molar-refractivity contribution in [2.24, 2.45) is 0 Å². The summed E-state index contributed by atoms with van der Waals surface area (Å²) in [7, 11) is 0. The van der Waals surface area contributed by atoms with Gasteiger partial charge in [-0.25, -0.2) is 0 Å². The van der Waals surface area contributed by atoms with Gasteiger partial charge in [0.2, 0.25) is 5.91 Å². The van der Waals surface area contributed by atoms with Crippen molar-refractivity contribution in [3.63, 3.8) is 0 Å². The Bertz CT molecular complexity index is 191. The quantitative estimate of drug-likeness (QED) is 0.634. The zero-order chi connectivity index (χ0) is 9.68. The van der Waals surface area contributed by atoms with Crippen molar-refractivity contribution < 1.29 is 4.79 Å². The van der Waals surface area contributed by atoms with E-state index in [9.17, 15) is 4.79 Å². The summed E-state index contributed by atoms with van der Waals surface area (Å²) in [5.41, 5.74) is 0. The molecule has 1 fully saturated rings. The molecule has 1 aliphatic heterocycles. The lowest BCUT2D eigenvalue weighted by Crippen LogP contribution is -2.51. The van der Waals surface area contributed by atoms with Crippen molar-refractivity contribution in [2.75, 3.05) is 6.54 Å². The Hall–Kier alpha value is -0.830. The van der Waals surface area contributed by atoms with Gasteiger partial charge in [-0.2, -0.15) is 0 Å². The molecule has 13 heavy (non-hydrogen) atoms. The van der Waals surface area contributed by atoms with E-state index in [1.165, 1.54) is 0 Å². The lowest BCUT2D eigenvalue weighted by molar-refractivity contribution is -0.121. The molecule has 0 aliphatic carbocycles. The van der Waals surface area contributed by atoms with Crippen molar-refractivity contribution in [3.8, 4) is 0 Å². The maximum atomic E-state index is 11.2. The minimum atomic E-state index is 0.0792. The Morgan fingerprint density at radius 1 is 1.77 bits per heavy atom. The number of hydrogen-bond acceptors (Lipinski definition) is 2. The van der Waals surface area contributed by atoms with Crippen LogP contribution in [0, 0.1) is 0 Å². The van der Waals surface area contributed by atoms with E-state index < -0.39 is 0 Å². The molecule has 3 nitrogen and oxygen atoms in total. The van der Waals surface area contributed by atoms with Gasteiger partial charge in [0, 0.05) is 18.5 Å². The maximum absolute atomic E-state index is 11.2. The van der Waals surface area contributed by atoms with Crippen molar-refractivity contribution in [1.29, 1.82) is 0 Å². The van der Waals surface area contributed by atoms with Crippen molar-refractivity contribution in [2.45, 2.75) is 38.3 Å². The highest BCUT2D eigenvalue weighted by atomic mass is 16.1. The number of carbonyl (C=O) groups excluding carboxylic acids is 1. The second-order valence-corrected chi connectivity index (χ2v) is 3.55. The van der Waals surface area contributed by atoms with Crippen LogP contribution in [0.15, 0.2) is 12.7 Å². The molecule has 0 bridgehead atoms. The second-order valence-electron chi connectivity index (χ2n) is 3.55. The Morgan fingerprint density at radius 2 is 2.54 bits per heavy atom. The Labute approximate surface area is 79.6 Å². The fourth-order valence-corrected chi connectivity index (χ4v) is 1.64. The molecule has 0 aromatic carbocycles. The first-order valence-electron chi connectivity index (χ1n) is 4.87. The third-order valence-corrected chi connectivity index (χ3v) is 2.44. The van der Waals surface area contributed by atoms with Crippen molar-refractivity contribution in [3.05, 3.63) is 12.7 Å². The lowest BCUT2D eigenvalue weighted by Gasteiger charge is -2.30. The van der Waals surface area contributed by atoms with Gasteiger partial charge in [0.1, 0.15) is 0 Å². The second kappa shape index (κ2) is 5.02. The SMILES string of the molecule is C=CCC(=O)NC1CCCNC1C. The molecule has 0 aromatic rings. The van der Waals surface area contributed by atoms with Crippen LogP contribution in [0.1, 0.15) is 26.2 Å². The van der Waals surface area contributed by atoms with Crippen molar-refractivity contribution >= 4 is 5.91 Å². The predicted molar refractivity (Wildman–Crippen MR) is 53.4 cm³/mol. The van der Waals surface area contributed by atoms with E-state index in [4.69, 9.17) is 0 Å². The zero-order valence-electron chi connectivity index (χ0n) is 8.18. The van der Waals surface area contributed by atoms with Crippen LogP contribution in [-0.4, -0.2) is 24.5 Å². The van der Waals surface area contributed by atoms with Gasteiger partial charge < -0.3 is 10.6 Å². The summed E-state index contributed by atoms with van der Waals surface area (Å²) in [6.07, 6.45) is 4.28. The van der Waals surface area contributed by atoms with Gasteiger partial charge in [0.05, 0.1) is 0 Å². The summed E-state index contributed by atoms with van der Waals surface area (Å²) in [6, 6.07) is 0.684. The summed E-state index contributed by atoms with van der Waals surface area (Å²) < 4.78 is 0. The molecule has 0 aromatic heterocycles. The topological polar surface area (TPSA) is 41.1 Å². The number of carbonyl (C=O) groups is 1. The molecule has 0 radical (unpaired) electrons. The largest absolute Gasteiger partial charge is 0.352 e. The average Bonchev–Trinajstić information content (AvgIpc) is 2.09. The summed E-state index contributed by atoms with van der Waals surface area (Å²) in [4.78, 5) is 11.2. The fourth-order valence-electron chi connectivity index (χ4n) is 1.64. The zero-order valence-corrected chi connectivity index (χ0v) is 8.18. The molecular formula is C10H18N2O. The number of rotatable bonds is 3. The molecule has 0 spiro atoms. The lowest BCUT2D eigenvalue weighted by atomic mass is 10.00. The van der Waals surface area contributed by atoms with Gasteiger partial charge in [0.25, 0.3) is 0 Å². The number of piperidine rings is 1. The maximum Gasteiger partial charge on any atom is 0.224 e. The normalized spacial score (nSPS) is 28.1. The van der Waals surface area contributed by atoms with E-state index in [2.05, 4.69) is 24.1 Å². The standard InChI is InChI=1S/C10H18N2O/c1-3-5-10(13)12-9-6-4-7-11-8(9)2/h3,8-9,11H,1,4-7H2,2H3,(H,12,13). The van der Waals surface area contributed by atoms with E-state index in [0.29, 0.717) is 18.5 Å². The van der Waals surface area contributed by atoms with Gasteiger partial charge in [-0.05, 0) is 26.3 Å². The van der Waals surface area contributed by atoms with Crippen LogP contribution in [-0.2, 0) is 4.79 Å². The van der Waals surface area contributed by atoms with E-state index >= 15 is 0 Å². The fraction of sp³-hybridized carbons (Fsp3) is 0.700. The van der Waals surface area contributed by atoms with Crippen LogP contribution in [0.2, 0.25) is 0 Å². The first kappa shape index (κ1) is 10.3. The molecule has 2 unspecified atom stereocenters. The number of hydrogen-bond donors (Lipinski definition) is 2. The molecule has 1 heterocycles. The van der Waals surface area contributed by atoms with Gasteiger partial charge in [-0.1, -0.05) is 6.08 Å². The van der Waals surface area contributed by atoms with E-state index in [-0.39, 0.29) is 5.91 Å². The average molecular weight is 182 g/mol. The molecule has 1 saturated heterocycles. The minimum Gasteiger partial charge on any atom is -0.352 e. The van der Waals surface area contributed by atoms with Crippen LogP contribution in [0.5, 0.6) is 0 Å². The van der Waals surface area contributed by atoms with Crippen LogP contribution < -0.4 is 10.6 Å². The molecule has 1 rings (SSSR count). The summed E-state index contributed by atoms with van der Waals surface area (Å²) >= 11 is 0. The molecule has 2 N–H and O–H groups in total. The van der Waals surface area contributed by atoms with E-state index in [0.717, 1.165) is 19.4 Å². The predicted octanol–water partition coefficient (Wildman–Crippen LogP) is 0.819. The smallest absolute Gasteiger partial charge is 0.224 e. The Morgan fingerprint density at radius 3 is 3.15 bits per heavy atom. The van der Waals surface area contributed by atoms with Gasteiger partial charge in [-0.15, -0.1) is 6.58 Å². The van der Waals surface area contributed by atoms with Crippen LogP contribution in [0.4, 0.5) is 0 Å². The molecule has 1 amide bonds. The summed E-state index contributed by atoms with van der Waals surface area (Å²) in [6.45, 7) is 6.71. The first-order chi connectivity index (χ1) is 6.24. The Kier molecular flexibility index (Phi) is 3.96. The van der Waals surface area contributed by atoms with Gasteiger partial charge >= 0.3 is 0 Å². The van der Waals surface area contributed by atoms with Crippen LogP contribution in [0.25, 0.3) is 0 Å². The van der Waals surface area contributed by atoms with Gasteiger partial charge in [0.15, 0.2) is 0 Å². The highest BCUT2D eigenvalue weighted by Gasteiger charge is 2.21. The van der Waals surface area contributed by atoms with E-state index in [1.807, 2.05) is 0 Å². The summed E-state index contributed by atoms with van der Waals surface area (Å²) in [5.74, 6) is 0.0792. The van der Waals surface area contributed by atoms with E-state index in [1.54, 1.807) is 6.08 Å². The van der Waals surface area contributed by atoms with Crippen molar-refractivity contribution in [1.82, 2.24) is 10.6 Å². The number of amides is 1. The molecule has 3 heteroatoms. The molecular weight excluding hydrogens is 164 g/mol. The third kappa shape index (κ3) is 3.19. The Balaban J connectivity index is 2.33. The first-order valence-corrected chi connectivity index (χ1v) is 4.87. The molecule has 1 aliphatic rings. The summed E-state index contributed by atoms with van der Waals surface area (Å²) in [5, 5.41) is 6.34. The third-order valence-electron chi connectivity index (χ3n) is 2.44. The van der Waals surface area contributed by atoms with Gasteiger partial charge in [-0.3, -0.25) is 4.79 Å². The number of nitrogens with one attached hydrogen (secondary N) is 2. The highest BCUT2D eigenvalue weighted by Crippen LogP contribution is 2.08. The van der Waals surface area contributed by atoms with Crippen LogP contribution in [0.3, 0.4) is 0 Å². The van der Waals surface area contributed by atoms with Crippen LogP contribution >= 0.6 is 0 Å². The minimum absolute atomic E-state index is 0.0792. The molecule has 2 atom stereocenters. The molecule has 0 saturated carbocycles. The highest BCUT2D eigenvalue weighted by molar-refractivity contribution is 5.77. The monoisotopic (exact) mass is 182 g/mol.